The number of carboxylic acid groups (broad SMARTS) is 1. The van der Waals surface area contributed by atoms with E-state index in [2.05, 4.69) is 21.2 Å². The second-order valence-electron chi connectivity index (χ2n) is 3.22. The zero-order valence-electron chi connectivity index (χ0n) is 8.11. The highest BCUT2D eigenvalue weighted by molar-refractivity contribution is 9.10. The van der Waals surface area contributed by atoms with Gasteiger partial charge in [0.2, 0.25) is 0 Å². The summed E-state index contributed by atoms with van der Waals surface area (Å²) >= 11 is 3.38. The molecule has 1 aromatic carbocycles. The van der Waals surface area contributed by atoms with Crippen LogP contribution < -0.4 is 11.1 Å². The lowest BCUT2D eigenvalue weighted by Crippen LogP contribution is -2.31. The third kappa shape index (κ3) is 4.31. The van der Waals surface area contributed by atoms with Gasteiger partial charge in [-0.05, 0) is 28.1 Å². The normalized spacial score (nSPS) is 12.1. The molecule has 0 spiro atoms. The molecule has 0 amide bonds. The van der Waals surface area contributed by atoms with Crippen LogP contribution in [0.2, 0.25) is 0 Å². The van der Waals surface area contributed by atoms with Crippen LogP contribution in [0.1, 0.15) is 6.42 Å². The van der Waals surface area contributed by atoms with Gasteiger partial charge < -0.3 is 16.2 Å². The Balaban J connectivity index is 2.43. The Morgan fingerprint density at radius 1 is 1.53 bits per heavy atom. The van der Waals surface area contributed by atoms with E-state index in [-0.39, 0.29) is 12.5 Å². The molecule has 0 saturated heterocycles. The van der Waals surface area contributed by atoms with Crippen LogP contribution in [0.25, 0.3) is 0 Å². The summed E-state index contributed by atoms with van der Waals surface area (Å²) < 4.78 is 0.938. The summed E-state index contributed by atoms with van der Waals surface area (Å²) in [6.45, 7) is 0.439. The van der Waals surface area contributed by atoms with Crippen LogP contribution >= 0.6 is 15.9 Å². The van der Waals surface area contributed by atoms with Crippen molar-refractivity contribution < 1.29 is 9.90 Å². The largest absolute Gasteiger partial charge is 0.481 e. The summed E-state index contributed by atoms with van der Waals surface area (Å²) in [5.41, 5.74) is 6.53. The number of nitrogens with two attached hydrogens (primary N) is 1. The highest BCUT2D eigenvalue weighted by Gasteiger charge is 2.07. The number of hydrogen-bond donors (Lipinski definition) is 3. The predicted molar refractivity (Wildman–Crippen MR) is 62.9 cm³/mol. The van der Waals surface area contributed by atoms with E-state index in [4.69, 9.17) is 10.8 Å². The van der Waals surface area contributed by atoms with Gasteiger partial charge >= 0.3 is 5.97 Å². The quantitative estimate of drug-likeness (QED) is 0.762. The molecule has 0 radical (unpaired) electrons. The highest BCUT2D eigenvalue weighted by Crippen LogP contribution is 2.20. The van der Waals surface area contributed by atoms with Gasteiger partial charge in [-0.25, -0.2) is 0 Å². The predicted octanol–water partition coefficient (Wildman–Crippen LogP) is 1.66. The maximum absolute atomic E-state index is 10.4. The molecule has 15 heavy (non-hydrogen) atoms. The van der Waals surface area contributed by atoms with E-state index in [1.54, 1.807) is 0 Å². The van der Waals surface area contributed by atoms with Crippen LogP contribution in [0.5, 0.6) is 0 Å². The van der Waals surface area contributed by atoms with E-state index in [1.807, 2.05) is 24.3 Å². The zero-order chi connectivity index (χ0) is 11.3. The molecule has 82 valence electrons. The summed E-state index contributed by atoms with van der Waals surface area (Å²) in [5, 5.41) is 11.6. The molecule has 0 aromatic heterocycles. The van der Waals surface area contributed by atoms with E-state index in [0.717, 1.165) is 10.2 Å². The van der Waals surface area contributed by atoms with Crippen LogP contribution in [0.4, 0.5) is 5.69 Å². The molecule has 4 nitrogen and oxygen atoms in total. The average Bonchev–Trinajstić information content (AvgIpc) is 2.15. The molecular formula is C10H13BrN2O2. The summed E-state index contributed by atoms with van der Waals surface area (Å²) in [4.78, 5) is 10.4. The second-order valence-corrected chi connectivity index (χ2v) is 4.07. The third-order valence-electron chi connectivity index (χ3n) is 1.87. The Morgan fingerprint density at radius 3 is 2.80 bits per heavy atom. The van der Waals surface area contributed by atoms with E-state index in [0.29, 0.717) is 6.54 Å². The van der Waals surface area contributed by atoms with E-state index in [1.165, 1.54) is 0 Å². The van der Waals surface area contributed by atoms with Gasteiger partial charge in [-0.15, -0.1) is 0 Å². The topological polar surface area (TPSA) is 75.3 Å². The summed E-state index contributed by atoms with van der Waals surface area (Å²) in [7, 11) is 0. The van der Waals surface area contributed by atoms with Crippen LogP contribution in [-0.2, 0) is 4.79 Å². The van der Waals surface area contributed by atoms with Crippen molar-refractivity contribution in [2.24, 2.45) is 5.73 Å². The molecule has 4 N–H and O–H groups in total. The van der Waals surface area contributed by atoms with Gasteiger partial charge in [0.25, 0.3) is 0 Å². The van der Waals surface area contributed by atoms with E-state index < -0.39 is 5.97 Å². The fraction of sp³-hybridized carbons (Fsp3) is 0.300. The Bertz CT molecular complexity index is 344. The Hall–Kier alpha value is -1.07. The molecule has 0 aliphatic heterocycles. The highest BCUT2D eigenvalue weighted by atomic mass is 79.9. The summed E-state index contributed by atoms with van der Waals surface area (Å²) in [6.07, 6.45) is -0.0303. The monoisotopic (exact) mass is 272 g/mol. The van der Waals surface area contributed by atoms with Crippen molar-refractivity contribution >= 4 is 27.6 Å². The van der Waals surface area contributed by atoms with Crippen molar-refractivity contribution in [3.05, 3.63) is 28.7 Å². The third-order valence-corrected chi connectivity index (χ3v) is 2.56. The number of carboxylic acids is 1. The lowest BCUT2D eigenvalue weighted by molar-refractivity contribution is -0.137. The maximum atomic E-state index is 10.4. The summed E-state index contributed by atoms with van der Waals surface area (Å²) in [5.74, 6) is -0.878. The number of halogens is 1. The molecule has 1 unspecified atom stereocenters. The first kappa shape index (κ1) is 12.0. The Kier molecular flexibility index (Phi) is 4.58. The SMILES string of the molecule is NC(CNc1ccccc1Br)CC(=O)O. The summed E-state index contributed by atoms with van der Waals surface area (Å²) in [6, 6.07) is 7.24. The molecule has 0 saturated carbocycles. The number of nitrogens with one attached hydrogen (secondary N) is 1. The minimum absolute atomic E-state index is 0.0303. The number of hydrogen-bond acceptors (Lipinski definition) is 3. The first-order valence-electron chi connectivity index (χ1n) is 4.55. The van der Waals surface area contributed by atoms with Crippen molar-refractivity contribution in [1.29, 1.82) is 0 Å². The van der Waals surface area contributed by atoms with Gasteiger partial charge in [-0.1, -0.05) is 12.1 Å². The smallest absolute Gasteiger partial charge is 0.304 e. The number of rotatable bonds is 5. The number of anilines is 1. The van der Waals surface area contributed by atoms with Gasteiger partial charge in [0.05, 0.1) is 6.42 Å². The maximum Gasteiger partial charge on any atom is 0.304 e. The fourth-order valence-electron chi connectivity index (χ4n) is 1.14. The minimum Gasteiger partial charge on any atom is -0.481 e. The van der Waals surface area contributed by atoms with Crippen LogP contribution in [0, 0.1) is 0 Å². The Labute approximate surface area is 96.6 Å². The number of carbonyl (C=O) groups is 1. The number of para-hydroxylation sites is 1. The lowest BCUT2D eigenvalue weighted by Gasteiger charge is -2.12. The zero-order valence-corrected chi connectivity index (χ0v) is 9.70. The molecule has 5 heteroatoms. The number of aliphatic carboxylic acids is 1. The first-order chi connectivity index (χ1) is 7.09. The van der Waals surface area contributed by atoms with Gasteiger partial charge in [0.15, 0.2) is 0 Å². The minimum atomic E-state index is -0.878. The van der Waals surface area contributed by atoms with Crippen LogP contribution in [0.3, 0.4) is 0 Å². The van der Waals surface area contributed by atoms with Crippen molar-refractivity contribution in [3.63, 3.8) is 0 Å². The van der Waals surface area contributed by atoms with Gasteiger partial charge in [0, 0.05) is 22.7 Å². The van der Waals surface area contributed by atoms with Gasteiger partial charge in [-0.2, -0.15) is 0 Å². The lowest BCUT2D eigenvalue weighted by atomic mass is 10.2. The van der Waals surface area contributed by atoms with Gasteiger partial charge in [0.1, 0.15) is 0 Å². The molecule has 0 aliphatic rings. The Morgan fingerprint density at radius 2 is 2.20 bits per heavy atom. The van der Waals surface area contributed by atoms with Crippen LogP contribution in [0.15, 0.2) is 28.7 Å². The van der Waals surface area contributed by atoms with Crippen molar-refractivity contribution in [2.45, 2.75) is 12.5 Å². The fourth-order valence-corrected chi connectivity index (χ4v) is 1.57. The van der Waals surface area contributed by atoms with Crippen molar-refractivity contribution in [3.8, 4) is 0 Å². The van der Waals surface area contributed by atoms with E-state index in [9.17, 15) is 4.79 Å². The molecular weight excluding hydrogens is 260 g/mol. The molecule has 0 fully saturated rings. The number of benzene rings is 1. The molecule has 1 atom stereocenters. The molecule has 0 bridgehead atoms. The molecule has 1 aromatic rings. The first-order valence-corrected chi connectivity index (χ1v) is 5.34. The van der Waals surface area contributed by atoms with E-state index >= 15 is 0 Å². The van der Waals surface area contributed by atoms with Crippen molar-refractivity contribution in [2.75, 3.05) is 11.9 Å². The average molecular weight is 273 g/mol. The second kappa shape index (κ2) is 5.72. The molecule has 0 aliphatic carbocycles. The van der Waals surface area contributed by atoms with Crippen LogP contribution in [-0.4, -0.2) is 23.7 Å². The van der Waals surface area contributed by atoms with Crippen molar-refractivity contribution in [1.82, 2.24) is 0 Å². The van der Waals surface area contributed by atoms with Gasteiger partial charge in [-0.3, -0.25) is 4.79 Å². The molecule has 0 heterocycles. The molecule has 1 rings (SSSR count). The standard InChI is InChI=1S/C10H13BrN2O2/c11-8-3-1-2-4-9(8)13-6-7(12)5-10(14)15/h1-4,7,13H,5-6,12H2,(H,14,15).